The molecule has 0 fully saturated rings. The van der Waals surface area contributed by atoms with Crippen molar-refractivity contribution in [1.29, 1.82) is 0 Å². The number of benzene rings is 2. The molecule has 25 heavy (non-hydrogen) atoms. The van der Waals surface area contributed by atoms with Gasteiger partial charge in [-0.1, -0.05) is 40.2 Å². The van der Waals surface area contributed by atoms with Crippen molar-refractivity contribution in [2.24, 2.45) is 0 Å². The van der Waals surface area contributed by atoms with Crippen LogP contribution in [0.25, 0.3) is 11.3 Å². The van der Waals surface area contributed by atoms with Crippen molar-refractivity contribution in [3.63, 3.8) is 0 Å². The molecule has 0 aliphatic rings. The Morgan fingerprint density at radius 2 is 1.96 bits per heavy atom. The van der Waals surface area contributed by atoms with Crippen molar-refractivity contribution in [2.75, 3.05) is 0 Å². The lowest BCUT2D eigenvalue weighted by atomic mass is 10.1. The summed E-state index contributed by atoms with van der Waals surface area (Å²) in [6, 6.07) is 15.3. The lowest BCUT2D eigenvalue weighted by Crippen LogP contribution is -2.37. The molecule has 0 bridgehead atoms. The monoisotopic (exact) mass is 398 g/mol. The predicted molar refractivity (Wildman–Crippen MR) is 95.0 cm³/mol. The minimum atomic E-state index is -0.516. The highest BCUT2D eigenvalue weighted by molar-refractivity contribution is 9.10. The first kappa shape index (κ1) is 16.9. The lowest BCUT2D eigenvalue weighted by Gasteiger charge is -2.01. The van der Waals surface area contributed by atoms with E-state index < -0.39 is 4.92 Å². The Hall–Kier alpha value is -2.93. The molecule has 0 atom stereocenters. The van der Waals surface area contributed by atoms with E-state index in [9.17, 15) is 14.9 Å². The fourth-order valence-electron chi connectivity index (χ4n) is 2.35. The number of nitro groups is 1. The Morgan fingerprint density at radius 3 is 2.64 bits per heavy atom. The standard InChI is InChI=1S/C18H13BrN3O3/c19-15-5-1-3-13(9-15)17-7-8-21(12-20-17)11-18(23)14-4-2-6-16(10-14)22(24)25/h1-10,12H,11H2/q+1. The molecular weight excluding hydrogens is 386 g/mol. The van der Waals surface area contributed by atoms with E-state index in [0.29, 0.717) is 5.56 Å². The summed E-state index contributed by atoms with van der Waals surface area (Å²) in [6.45, 7) is 0.0624. The molecule has 0 saturated carbocycles. The zero-order valence-corrected chi connectivity index (χ0v) is 14.6. The van der Waals surface area contributed by atoms with Gasteiger partial charge < -0.3 is 0 Å². The first-order valence-electron chi connectivity index (χ1n) is 7.41. The second kappa shape index (κ2) is 7.31. The normalized spacial score (nSPS) is 10.4. The number of halogens is 1. The van der Waals surface area contributed by atoms with Crippen LogP contribution >= 0.6 is 15.9 Å². The number of non-ortho nitro benzene ring substituents is 1. The minimum Gasteiger partial charge on any atom is -0.290 e. The Labute approximate surface area is 152 Å². The van der Waals surface area contributed by atoms with E-state index in [4.69, 9.17) is 0 Å². The average Bonchev–Trinajstić information content (AvgIpc) is 2.62. The zero-order chi connectivity index (χ0) is 17.8. The third kappa shape index (κ3) is 4.13. The summed E-state index contributed by atoms with van der Waals surface area (Å²) in [7, 11) is 0. The minimum absolute atomic E-state index is 0.0624. The second-order valence-corrected chi connectivity index (χ2v) is 6.27. The smallest absolute Gasteiger partial charge is 0.287 e. The summed E-state index contributed by atoms with van der Waals surface area (Å²) in [5, 5.41) is 10.8. The van der Waals surface area contributed by atoms with Gasteiger partial charge in [0.05, 0.1) is 11.1 Å². The highest BCUT2D eigenvalue weighted by Crippen LogP contribution is 2.20. The number of rotatable bonds is 5. The van der Waals surface area contributed by atoms with Gasteiger partial charge in [0, 0.05) is 33.8 Å². The van der Waals surface area contributed by atoms with Crippen LogP contribution in [0, 0.1) is 10.1 Å². The highest BCUT2D eigenvalue weighted by atomic mass is 79.9. The highest BCUT2D eigenvalue weighted by Gasteiger charge is 2.15. The van der Waals surface area contributed by atoms with Crippen LogP contribution < -0.4 is 4.57 Å². The molecule has 0 radical (unpaired) electrons. The molecule has 0 aliphatic carbocycles. The fourth-order valence-corrected chi connectivity index (χ4v) is 2.75. The number of hydrogen-bond donors (Lipinski definition) is 0. The van der Waals surface area contributed by atoms with Gasteiger partial charge in [-0.2, -0.15) is 0 Å². The molecule has 3 aromatic rings. The van der Waals surface area contributed by atoms with Crippen LogP contribution in [-0.4, -0.2) is 15.7 Å². The van der Waals surface area contributed by atoms with E-state index in [1.165, 1.54) is 18.2 Å². The van der Waals surface area contributed by atoms with Gasteiger partial charge >= 0.3 is 0 Å². The first-order chi connectivity index (χ1) is 12.0. The van der Waals surface area contributed by atoms with E-state index in [0.717, 1.165) is 15.7 Å². The maximum atomic E-state index is 12.3. The zero-order valence-electron chi connectivity index (χ0n) is 13.0. The average molecular weight is 399 g/mol. The lowest BCUT2D eigenvalue weighted by molar-refractivity contribution is -0.686. The molecule has 0 aliphatic heterocycles. The molecule has 3 rings (SSSR count). The van der Waals surface area contributed by atoms with Gasteiger partial charge in [-0.3, -0.25) is 14.9 Å². The molecule has 1 heterocycles. The van der Waals surface area contributed by atoms with Gasteiger partial charge in [0.15, 0.2) is 12.2 Å². The number of aromatic nitrogens is 2. The summed E-state index contributed by atoms with van der Waals surface area (Å²) in [4.78, 5) is 27.0. The van der Waals surface area contributed by atoms with Crippen LogP contribution in [-0.2, 0) is 6.54 Å². The third-order valence-corrected chi connectivity index (χ3v) is 4.09. The second-order valence-electron chi connectivity index (χ2n) is 5.36. The third-order valence-electron chi connectivity index (χ3n) is 3.59. The fraction of sp³-hybridized carbons (Fsp3) is 0.0556. The van der Waals surface area contributed by atoms with Crippen LogP contribution in [0.15, 0.2) is 71.6 Å². The van der Waals surface area contributed by atoms with Crippen molar-refractivity contribution in [3.05, 3.63) is 87.3 Å². The molecule has 0 spiro atoms. The maximum absolute atomic E-state index is 12.3. The summed E-state index contributed by atoms with van der Waals surface area (Å²) >= 11 is 3.42. The summed E-state index contributed by atoms with van der Waals surface area (Å²) < 4.78 is 2.60. The molecule has 0 saturated heterocycles. The number of nitro benzene ring substituents is 1. The van der Waals surface area contributed by atoms with E-state index in [2.05, 4.69) is 20.9 Å². The quantitative estimate of drug-likeness (QED) is 0.284. The van der Waals surface area contributed by atoms with Gasteiger partial charge in [-0.15, -0.1) is 0 Å². The van der Waals surface area contributed by atoms with Crippen LogP contribution in [0.1, 0.15) is 10.4 Å². The van der Waals surface area contributed by atoms with Crippen molar-refractivity contribution in [1.82, 2.24) is 4.98 Å². The summed E-state index contributed by atoms with van der Waals surface area (Å²) in [6.07, 6.45) is 3.34. The van der Waals surface area contributed by atoms with Crippen LogP contribution in [0.4, 0.5) is 5.69 Å². The van der Waals surface area contributed by atoms with Gasteiger partial charge in [-0.05, 0) is 17.1 Å². The van der Waals surface area contributed by atoms with Crippen molar-refractivity contribution < 1.29 is 14.3 Å². The van der Waals surface area contributed by atoms with E-state index >= 15 is 0 Å². The van der Waals surface area contributed by atoms with Crippen LogP contribution in [0.2, 0.25) is 0 Å². The van der Waals surface area contributed by atoms with E-state index in [-0.39, 0.29) is 18.0 Å². The van der Waals surface area contributed by atoms with Gasteiger partial charge in [0.1, 0.15) is 0 Å². The van der Waals surface area contributed by atoms with Crippen LogP contribution in [0.5, 0.6) is 0 Å². The largest absolute Gasteiger partial charge is 0.290 e. The molecule has 0 N–H and O–H groups in total. The number of nitrogens with zero attached hydrogens (tertiary/aromatic N) is 3. The molecule has 1 aromatic heterocycles. The van der Waals surface area contributed by atoms with Crippen molar-refractivity contribution in [3.8, 4) is 11.3 Å². The van der Waals surface area contributed by atoms with E-state index in [1.54, 1.807) is 23.2 Å². The molecule has 0 unspecified atom stereocenters. The van der Waals surface area contributed by atoms with Crippen molar-refractivity contribution >= 4 is 27.4 Å². The Morgan fingerprint density at radius 1 is 1.16 bits per heavy atom. The molecule has 124 valence electrons. The molecule has 2 aromatic carbocycles. The number of Topliss-reactive ketones (excluding diaryl/α,β-unsaturated/α-hetero) is 1. The first-order valence-corrected chi connectivity index (χ1v) is 8.21. The number of ketones is 1. The van der Waals surface area contributed by atoms with Gasteiger partial charge in [0.25, 0.3) is 12.0 Å². The van der Waals surface area contributed by atoms with E-state index in [1.807, 2.05) is 30.3 Å². The maximum Gasteiger partial charge on any atom is 0.287 e. The Balaban J connectivity index is 1.76. The van der Waals surface area contributed by atoms with Gasteiger partial charge in [-0.25, -0.2) is 4.57 Å². The Bertz CT molecular complexity index is 942. The molecule has 0 amide bonds. The van der Waals surface area contributed by atoms with Gasteiger partial charge in [0.2, 0.25) is 5.78 Å². The summed E-state index contributed by atoms with van der Waals surface area (Å²) in [5.41, 5.74) is 1.96. The molecular formula is C18H13BrN3O3+. The SMILES string of the molecule is O=C(C[n+]1ccc(-c2cccc(Br)c2)nc1)c1cccc([N+](=O)[O-])c1. The molecule has 6 nitrogen and oxygen atoms in total. The molecule has 7 heteroatoms. The van der Waals surface area contributed by atoms with Crippen LogP contribution in [0.3, 0.4) is 0 Å². The predicted octanol–water partition coefficient (Wildman–Crippen LogP) is 3.59. The number of carbonyl (C=O) groups excluding carboxylic acids is 1. The topological polar surface area (TPSA) is 77.0 Å². The number of hydrogen-bond acceptors (Lipinski definition) is 4. The number of carbonyl (C=O) groups is 1. The Kier molecular flexibility index (Phi) is 4.95. The summed E-state index contributed by atoms with van der Waals surface area (Å²) in [5.74, 6) is -0.217. The van der Waals surface area contributed by atoms with Crippen molar-refractivity contribution in [2.45, 2.75) is 6.54 Å².